The fraction of sp³-hybridized carbons (Fsp3) is 0.143. The van der Waals surface area contributed by atoms with E-state index in [1.54, 1.807) is 18.2 Å². The van der Waals surface area contributed by atoms with Crippen molar-refractivity contribution in [3.8, 4) is 5.75 Å². The summed E-state index contributed by atoms with van der Waals surface area (Å²) in [5, 5.41) is 4.53. The third-order valence-electron chi connectivity index (χ3n) is 4.42. The molecule has 0 atom stereocenters. The molecular formula is C21H18ClN5O3. The number of aryl methyl sites for hydroxylation is 2. The molecule has 0 aliphatic heterocycles. The van der Waals surface area contributed by atoms with Gasteiger partial charge in [-0.25, -0.2) is 4.79 Å². The maximum absolute atomic E-state index is 11.6. The first-order chi connectivity index (χ1) is 14.4. The first kappa shape index (κ1) is 19.7. The Balaban J connectivity index is 1.53. The first-order valence-electron chi connectivity index (χ1n) is 9.08. The molecule has 3 N–H and O–H groups in total. The maximum Gasteiger partial charge on any atom is 0.336 e. The van der Waals surface area contributed by atoms with Crippen LogP contribution in [0.5, 0.6) is 5.75 Å². The Kier molecular flexibility index (Phi) is 5.24. The van der Waals surface area contributed by atoms with Gasteiger partial charge in [-0.3, -0.25) is 0 Å². The molecule has 0 saturated carbocycles. The van der Waals surface area contributed by atoms with E-state index in [9.17, 15) is 4.79 Å². The second-order valence-electron chi connectivity index (χ2n) is 6.72. The predicted octanol–water partition coefficient (Wildman–Crippen LogP) is 4.15. The number of nitrogens with one attached hydrogen (secondary N) is 1. The van der Waals surface area contributed by atoms with Gasteiger partial charge in [0, 0.05) is 28.2 Å². The Morgan fingerprint density at radius 3 is 2.70 bits per heavy atom. The number of hydrogen-bond donors (Lipinski definition) is 2. The van der Waals surface area contributed by atoms with Crippen molar-refractivity contribution in [1.82, 2.24) is 15.0 Å². The quantitative estimate of drug-likeness (QED) is 0.460. The van der Waals surface area contributed by atoms with E-state index in [0.717, 1.165) is 22.2 Å². The van der Waals surface area contributed by atoms with E-state index < -0.39 is 5.63 Å². The Morgan fingerprint density at radius 2 is 1.90 bits per heavy atom. The van der Waals surface area contributed by atoms with Crippen molar-refractivity contribution < 1.29 is 9.15 Å². The summed E-state index contributed by atoms with van der Waals surface area (Å²) >= 11 is 6.16. The van der Waals surface area contributed by atoms with E-state index in [4.69, 9.17) is 26.5 Å². The zero-order valence-corrected chi connectivity index (χ0v) is 17.0. The van der Waals surface area contributed by atoms with Crippen molar-refractivity contribution in [3.63, 3.8) is 0 Å². The van der Waals surface area contributed by atoms with Crippen LogP contribution in [0, 0.1) is 13.8 Å². The summed E-state index contributed by atoms with van der Waals surface area (Å²) in [6.07, 6.45) is 0. The molecule has 0 amide bonds. The van der Waals surface area contributed by atoms with Crippen LogP contribution < -0.4 is 21.4 Å². The Labute approximate surface area is 176 Å². The van der Waals surface area contributed by atoms with Gasteiger partial charge in [-0.05, 0) is 49.2 Å². The van der Waals surface area contributed by atoms with Gasteiger partial charge in [-0.15, -0.1) is 0 Å². The second-order valence-corrected chi connectivity index (χ2v) is 7.12. The standard InChI is InChI=1S/C21H18ClN5O3/c1-11-3-4-13(8-16(11)22)24-21-26-18(25-20(23)27-21)10-29-14-5-6-15-12(2)7-19(28)30-17(15)9-14/h3-9H,10H2,1-2H3,(H3,23,24,25,26,27). The summed E-state index contributed by atoms with van der Waals surface area (Å²) < 4.78 is 11.0. The van der Waals surface area contributed by atoms with Gasteiger partial charge in [0.15, 0.2) is 5.82 Å². The van der Waals surface area contributed by atoms with Gasteiger partial charge in [0.2, 0.25) is 11.9 Å². The molecule has 0 spiro atoms. The van der Waals surface area contributed by atoms with Crippen LogP contribution in [0.2, 0.25) is 5.02 Å². The highest BCUT2D eigenvalue weighted by molar-refractivity contribution is 6.31. The molecule has 0 fully saturated rings. The van der Waals surface area contributed by atoms with Crippen molar-refractivity contribution in [2.75, 3.05) is 11.1 Å². The van der Waals surface area contributed by atoms with Crippen LogP contribution in [0.1, 0.15) is 17.0 Å². The highest BCUT2D eigenvalue weighted by Crippen LogP contribution is 2.24. The molecule has 0 aliphatic rings. The molecule has 0 bridgehead atoms. The van der Waals surface area contributed by atoms with Crippen LogP contribution >= 0.6 is 11.6 Å². The summed E-state index contributed by atoms with van der Waals surface area (Å²) in [6.45, 7) is 3.82. The molecule has 4 rings (SSSR count). The molecule has 0 saturated heterocycles. The molecule has 2 aromatic heterocycles. The minimum Gasteiger partial charge on any atom is -0.485 e. The fourth-order valence-electron chi connectivity index (χ4n) is 2.90. The first-order valence-corrected chi connectivity index (χ1v) is 9.46. The van der Waals surface area contributed by atoms with Gasteiger partial charge in [0.1, 0.15) is 17.9 Å². The van der Waals surface area contributed by atoms with Crippen molar-refractivity contribution in [2.45, 2.75) is 20.5 Å². The number of ether oxygens (including phenoxy) is 1. The number of nitrogens with two attached hydrogens (primary N) is 1. The van der Waals surface area contributed by atoms with Crippen LogP contribution in [0.4, 0.5) is 17.6 Å². The molecule has 8 nitrogen and oxygen atoms in total. The van der Waals surface area contributed by atoms with E-state index in [2.05, 4.69) is 20.3 Å². The molecule has 152 valence electrons. The lowest BCUT2D eigenvalue weighted by Crippen LogP contribution is -2.09. The summed E-state index contributed by atoms with van der Waals surface area (Å²) in [5.41, 5.74) is 8.38. The molecular weight excluding hydrogens is 406 g/mol. The third kappa shape index (κ3) is 4.33. The largest absolute Gasteiger partial charge is 0.485 e. The molecule has 2 aromatic carbocycles. The molecule has 0 radical (unpaired) electrons. The van der Waals surface area contributed by atoms with Crippen molar-refractivity contribution in [2.24, 2.45) is 0 Å². The number of nitrogens with zero attached hydrogens (tertiary/aromatic N) is 3. The monoisotopic (exact) mass is 423 g/mol. The number of nitrogen functional groups attached to an aromatic ring is 1. The normalized spacial score (nSPS) is 10.9. The zero-order valence-electron chi connectivity index (χ0n) is 16.3. The van der Waals surface area contributed by atoms with E-state index in [1.165, 1.54) is 6.07 Å². The molecule has 30 heavy (non-hydrogen) atoms. The number of halogens is 1. The van der Waals surface area contributed by atoms with Crippen molar-refractivity contribution >= 4 is 40.2 Å². The van der Waals surface area contributed by atoms with Gasteiger partial charge >= 0.3 is 5.63 Å². The van der Waals surface area contributed by atoms with Gasteiger partial charge in [-0.1, -0.05) is 17.7 Å². The van der Waals surface area contributed by atoms with Crippen molar-refractivity contribution in [1.29, 1.82) is 0 Å². The lowest BCUT2D eigenvalue weighted by Gasteiger charge is -2.10. The van der Waals surface area contributed by atoms with E-state index >= 15 is 0 Å². The molecule has 9 heteroatoms. The van der Waals surface area contributed by atoms with Crippen LogP contribution in [0.25, 0.3) is 11.0 Å². The van der Waals surface area contributed by atoms with Crippen LogP contribution in [-0.2, 0) is 6.61 Å². The summed E-state index contributed by atoms with van der Waals surface area (Å²) in [5.74, 6) is 1.19. The maximum atomic E-state index is 11.6. The van der Waals surface area contributed by atoms with E-state index in [-0.39, 0.29) is 18.5 Å². The number of fused-ring (bicyclic) bond motifs is 1. The number of rotatable bonds is 5. The third-order valence-corrected chi connectivity index (χ3v) is 4.82. The summed E-state index contributed by atoms with van der Waals surface area (Å²) in [4.78, 5) is 24.1. The lowest BCUT2D eigenvalue weighted by atomic mass is 10.1. The van der Waals surface area contributed by atoms with E-state index in [0.29, 0.717) is 22.2 Å². The minimum atomic E-state index is -0.408. The number of aromatic nitrogens is 3. The minimum absolute atomic E-state index is 0.0532. The molecule has 2 heterocycles. The lowest BCUT2D eigenvalue weighted by molar-refractivity contribution is 0.296. The summed E-state index contributed by atoms with van der Waals surface area (Å²) in [6, 6.07) is 12.2. The number of benzene rings is 2. The zero-order chi connectivity index (χ0) is 21.3. The SMILES string of the molecule is Cc1ccc(Nc2nc(N)nc(COc3ccc4c(C)cc(=O)oc4c3)n2)cc1Cl. The number of anilines is 3. The topological polar surface area (TPSA) is 116 Å². The van der Waals surface area contributed by atoms with Gasteiger partial charge in [0.05, 0.1) is 0 Å². The van der Waals surface area contributed by atoms with E-state index in [1.807, 2.05) is 32.0 Å². The fourth-order valence-corrected chi connectivity index (χ4v) is 3.08. The van der Waals surface area contributed by atoms with Crippen LogP contribution in [-0.4, -0.2) is 15.0 Å². The Morgan fingerprint density at radius 1 is 1.07 bits per heavy atom. The van der Waals surface area contributed by atoms with Gasteiger partial charge in [-0.2, -0.15) is 15.0 Å². The average Bonchev–Trinajstić information content (AvgIpc) is 2.68. The second kappa shape index (κ2) is 8.00. The Bertz CT molecular complexity index is 1310. The van der Waals surface area contributed by atoms with Crippen molar-refractivity contribution in [3.05, 3.63) is 74.9 Å². The highest BCUT2D eigenvalue weighted by Gasteiger charge is 2.09. The highest BCUT2D eigenvalue weighted by atomic mass is 35.5. The smallest absolute Gasteiger partial charge is 0.336 e. The molecule has 0 unspecified atom stereocenters. The van der Waals surface area contributed by atoms with Crippen LogP contribution in [0.3, 0.4) is 0 Å². The Hall–Kier alpha value is -3.65. The number of hydrogen-bond acceptors (Lipinski definition) is 8. The predicted molar refractivity (Wildman–Crippen MR) is 115 cm³/mol. The summed E-state index contributed by atoms with van der Waals surface area (Å²) in [7, 11) is 0. The van der Waals surface area contributed by atoms with Crippen LogP contribution in [0.15, 0.2) is 51.7 Å². The van der Waals surface area contributed by atoms with Gasteiger partial charge < -0.3 is 20.2 Å². The molecule has 0 aliphatic carbocycles. The van der Waals surface area contributed by atoms with Gasteiger partial charge in [0.25, 0.3) is 0 Å². The molecule has 4 aromatic rings. The average molecular weight is 424 g/mol.